The highest BCUT2D eigenvalue weighted by molar-refractivity contribution is 6.31. The number of benzene rings is 3. The number of rotatable bonds is 8. The van der Waals surface area contributed by atoms with Crippen molar-refractivity contribution in [2.45, 2.75) is 12.5 Å². The van der Waals surface area contributed by atoms with Crippen LogP contribution in [0.3, 0.4) is 0 Å². The molecule has 0 bridgehead atoms. The van der Waals surface area contributed by atoms with Gasteiger partial charge in [0.15, 0.2) is 5.15 Å². The van der Waals surface area contributed by atoms with Gasteiger partial charge in [-0.1, -0.05) is 58.7 Å². The summed E-state index contributed by atoms with van der Waals surface area (Å²) in [5, 5.41) is 20.1. The molecule has 1 saturated heterocycles. The minimum Gasteiger partial charge on any atom is -0.478 e. The summed E-state index contributed by atoms with van der Waals surface area (Å²) in [5.74, 6) is -2.51. The van der Waals surface area contributed by atoms with Gasteiger partial charge in [-0.05, 0) is 48.0 Å². The van der Waals surface area contributed by atoms with Crippen LogP contribution in [-0.2, 0) is 20.8 Å². The largest absolute Gasteiger partial charge is 0.478 e. The molecule has 2 heterocycles. The topological polar surface area (TPSA) is 138 Å². The van der Waals surface area contributed by atoms with Crippen molar-refractivity contribution in [3.05, 3.63) is 100 Å². The Kier molecular flexibility index (Phi) is 7.99. The molecule has 2 N–H and O–H groups in total. The number of hydrogen-bond acceptors (Lipinski definition) is 6. The van der Waals surface area contributed by atoms with Crippen LogP contribution in [0, 0.1) is 0 Å². The minimum absolute atomic E-state index is 0.0641. The van der Waals surface area contributed by atoms with Crippen LogP contribution in [0.5, 0.6) is 0 Å². The first-order valence-electron chi connectivity index (χ1n) is 12.4. The van der Waals surface area contributed by atoms with Crippen LogP contribution < -0.4 is 10.2 Å². The number of nitrogens with one attached hydrogen (secondary N) is 1. The van der Waals surface area contributed by atoms with E-state index in [9.17, 15) is 19.2 Å². The molecule has 41 heavy (non-hydrogen) atoms. The summed E-state index contributed by atoms with van der Waals surface area (Å²) in [6.45, 7) is -0.716. The van der Waals surface area contributed by atoms with E-state index in [-0.39, 0.29) is 30.2 Å². The third-order valence-corrected chi connectivity index (χ3v) is 6.92. The SMILES string of the molecule is O=C(O)c1ccc(NC(=O)C(Cc2ccccc2)N2CC(=O)N(c3cc(Cl)ccc3-n3cc(Cl)nn3)CC2=O)cc1. The van der Waals surface area contributed by atoms with E-state index in [4.69, 9.17) is 28.3 Å². The van der Waals surface area contributed by atoms with Gasteiger partial charge in [0, 0.05) is 17.1 Å². The zero-order chi connectivity index (χ0) is 29.1. The number of halogens is 2. The number of carbonyl (C=O) groups excluding carboxylic acids is 3. The first-order chi connectivity index (χ1) is 19.7. The second-order valence-corrected chi connectivity index (χ2v) is 10.0. The molecule has 5 rings (SSSR count). The summed E-state index contributed by atoms with van der Waals surface area (Å²) in [6, 6.07) is 18.5. The number of amides is 3. The molecule has 1 aliphatic rings. The van der Waals surface area contributed by atoms with E-state index in [2.05, 4.69) is 15.6 Å². The summed E-state index contributed by atoms with van der Waals surface area (Å²) in [4.78, 5) is 54.3. The lowest BCUT2D eigenvalue weighted by atomic mass is 10.0. The lowest BCUT2D eigenvalue weighted by Crippen LogP contribution is -2.60. The maximum atomic E-state index is 13.6. The number of carboxylic acid groups (broad SMARTS) is 1. The summed E-state index contributed by atoms with van der Waals surface area (Å²) in [5.41, 5.74) is 1.97. The molecule has 1 unspecified atom stereocenters. The first kappa shape index (κ1) is 27.8. The lowest BCUT2D eigenvalue weighted by molar-refractivity contribution is -0.143. The molecule has 1 fully saturated rings. The Bertz CT molecular complexity index is 1630. The highest BCUT2D eigenvalue weighted by atomic mass is 35.5. The monoisotopic (exact) mass is 592 g/mol. The van der Waals surface area contributed by atoms with E-state index in [0.29, 0.717) is 22.1 Å². The van der Waals surface area contributed by atoms with Gasteiger partial charge in [-0.2, -0.15) is 0 Å². The third-order valence-electron chi connectivity index (χ3n) is 6.51. The van der Waals surface area contributed by atoms with Gasteiger partial charge in [0.2, 0.25) is 17.7 Å². The molecule has 1 aromatic heterocycles. The Morgan fingerprint density at radius 3 is 2.32 bits per heavy atom. The Balaban J connectivity index is 1.42. The lowest BCUT2D eigenvalue weighted by Gasteiger charge is -2.38. The highest BCUT2D eigenvalue weighted by Gasteiger charge is 2.39. The maximum absolute atomic E-state index is 13.6. The van der Waals surface area contributed by atoms with Crippen LogP contribution in [0.25, 0.3) is 5.69 Å². The number of aromatic nitrogens is 3. The van der Waals surface area contributed by atoms with Crippen LogP contribution in [0.1, 0.15) is 15.9 Å². The molecule has 3 aromatic carbocycles. The van der Waals surface area contributed by atoms with E-state index >= 15 is 0 Å². The number of aromatic carboxylic acids is 1. The van der Waals surface area contributed by atoms with Crippen molar-refractivity contribution in [3.8, 4) is 5.69 Å². The molecule has 13 heteroatoms. The van der Waals surface area contributed by atoms with Crippen molar-refractivity contribution in [3.63, 3.8) is 0 Å². The van der Waals surface area contributed by atoms with Gasteiger partial charge in [-0.3, -0.25) is 19.3 Å². The van der Waals surface area contributed by atoms with Crippen molar-refractivity contribution < 1.29 is 24.3 Å². The van der Waals surface area contributed by atoms with Gasteiger partial charge >= 0.3 is 5.97 Å². The number of hydrogen-bond donors (Lipinski definition) is 2. The van der Waals surface area contributed by atoms with Crippen LogP contribution in [-0.4, -0.2) is 67.8 Å². The average molecular weight is 593 g/mol. The Labute approximate surface area is 243 Å². The smallest absolute Gasteiger partial charge is 0.335 e. The van der Waals surface area contributed by atoms with Crippen molar-refractivity contribution in [2.75, 3.05) is 23.3 Å². The Morgan fingerprint density at radius 1 is 0.927 bits per heavy atom. The molecule has 0 aliphatic carbocycles. The molecule has 0 radical (unpaired) electrons. The molecule has 11 nitrogen and oxygen atoms in total. The van der Waals surface area contributed by atoms with Crippen molar-refractivity contribution in [2.24, 2.45) is 0 Å². The second kappa shape index (κ2) is 11.8. The van der Waals surface area contributed by atoms with Gasteiger partial charge in [0.1, 0.15) is 19.1 Å². The molecule has 4 aromatic rings. The number of nitrogens with zero attached hydrogens (tertiary/aromatic N) is 5. The predicted molar refractivity (Wildman–Crippen MR) is 151 cm³/mol. The van der Waals surface area contributed by atoms with E-state index in [1.165, 1.54) is 44.9 Å². The number of anilines is 2. The molecule has 208 valence electrons. The van der Waals surface area contributed by atoms with Gasteiger partial charge in [0.05, 0.1) is 23.1 Å². The van der Waals surface area contributed by atoms with Crippen molar-refractivity contribution in [1.29, 1.82) is 0 Å². The van der Waals surface area contributed by atoms with E-state index in [1.807, 2.05) is 30.3 Å². The quantitative estimate of drug-likeness (QED) is 0.318. The summed E-state index contributed by atoms with van der Waals surface area (Å²) >= 11 is 12.2. The van der Waals surface area contributed by atoms with Crippen LogP contribution in [0.2, 0.25) is 10.2 Å². The average Bonchev–Trinajstić information content (AvgIpc) is 3.39. The standard InChI is InChI=1S/C28H22Cl2N6O5/c29-19-8-11-21(36-14-24(30)32-33-36)22(13-19)34-15-26(38)35(16-25(34)37)23(12-17-4-2-1-3-5-17)27(39)31-20-9-6-18(7-10-20)28(40)41/h1-11,13-14,23H,12,15-16H2,(H,31,39)(H,40,41). The Morgan fingerprint density at radius 2 is 1.66 bits per heavy atom. The van der Waals surface area contributed by atoms with E-state index in [0.717, 1.165) is 5.56 Å². The molecule has 0 saturated carbocycles. The van der Waals surface area contributed by atoms with Crippen molar-refractivity contribution >= 4 is 58.3 Å². The molecule has 3 amide bonds. The fourth-order valence-corrected chi connectivity index (χ4v) is 4.80. The predicted octanol–water partition coefficient (Wildman–Crippen LogP) is 3.70. The van der Waals surface area contributed by atoms with Crippen LogP contribution in [0.15, 0.2) is 79.0 Å². The minimum atomic E-state index is -1.10. The number of carboxylic acids is 1. The molecular weight excluding hydrogens is 571 g/mol. The maximum Gasteiger partial charge on any atom is 0.335 e. The number of piperazine rings is 1. The molecule has 0 spiro atoms. The van der Waals surface area contributed by atoms with Gasteiger partial charge in [-0.15, -0.1) is 5.10 Å². The highest BCUT2D eigenvalue weighted by Crippen LogP contribution is 2.30. The zero-order valence-corrected chi connectivity index (χ0v) is 22.8. The van der Waals surface area contributed by atoms with Crippen LogP contribution in [0.4, 0.5) is 11.4 Å². The van der Waals surface area contributed by atoms with E-state index in [1.54, 1.807) is 18.2 Å². The Hall–Kier alpha value is -4.74. The summed E-state index contributed by atoms with van der Waals surface area (Å²) in [7, 11) is 0. The second-order valence-electron chi connectivity index (χ2n) is 9.20. The third kappa shape index (κ3) is 6.21. The zero-order valence-electron chi connectivity index (χ0n) is 21.3. The summed E-state index contributed by atoms with van der Waals surface area (Å²) < 4.78 is 1.37. The fraction of sp³-hybridized carbons (Fsp3) is 0.143. The van der Waals surface area contributed by atoms with Gasteiger partial charge < -0.3 is 15.3 Å². The normalized spacial score (nSPS) is 14.2. The number of carbonyl (C=O) groups is 4. The molecule has 1 aliphatic heterocycles. The van der Waals surface area contributed by atoms with Gasteiger partial charge in [-0.25, -0.2) is 9.48 Å². The van der Waals surface area contributed by atoms with E-state index < -0.39 is 29.7 Å². The fourth-order valence-electron chi connectivity index (χ4n) is 4.51. The van der Waals surface area contributed by atoms with Crippen LogP contribution >= 0.6 is 23.2 Å². The molecular formula is C28H22Cl2N6O5. The molecule has 1 atom stereocenters. The van der Waals surface area contributed by atoms with Crippen molar-refractivity contribution in [1.82, 2.24) is 19.9 Å². The van der Waals surface area contributed by atoms with Gasteiger partial charge in [0.25, 0.3) is 0 Å². The first-order valence-corrected chi connectivity index (χ1v) is 13.1. The summed E-state index contributed by atoms with van der Waals surface area (Å²) in [6.07, 6.45) is 1.61.